The number of hydrogen-bond donors (Lipinski definition) is 1. The molecule has 5 nitrogen and oxygen atoms in total. The number of aromatic nitrogens is 2. The van der Waals surface area contributed by atoms with Crippen LogP contribution in [-0.4, -0.2) is 33.7 Å². The number of carbonyl (C=O) groups is 1. The van der Waals surface area contributed by atoms with E-state index in [1.165, 1.54) is 31.2 Å². The number of nitrogens with one attached hydrogen (secondary N) is 1. The van der Waals surface area contributed by atoms with Gasteiger partial charge in [0, 0.05) is 19.0 Å². The van der Waals surface area contributed by atoms with Crippen LogP contribution in [0.3, 0.4) is 0 Å². The molecule has 5 heteroatoms. The minimum absolute atomic E-state index is 0.135. The molecule has 1 aliphatic heterocycles. The molecule has 144 valence electrons. The molecule has 2 heterocycles. The highest BCUT2D eigenvalue weighted by Gasteiger charge is 2.23. The number of amides is 1. The van der Waals surface area contributed by atoms with Gasteiger partial charge in [-0.25, -0.2) is 4.68 Å². The smallest absolute Gasteiger partial charge is 0.225 e. The number of carbonyl (C=O) groups excluding carboxylic acids is 1. The summed E-state index contributed by atoms with van der Waals surface area (Å²) in [5.41, 5.74) is 1.37. The molecule has 2 aliphatic rings. The van der Waals surface area contributed by atoms with E-state index in [1.807, 2.05) is 10.7 Å². The van der Waals surface area contributed by atoms with Crippen molar-refractivity contribution < 1.29 is 4.79 Å². The monoisotopic (exact) mass is 366 g/mol. The van der Waals surface area contributed by atoms with Crippen molar-refractivity contribution in [2.75, 3.05) is 18.4 Å². The van der Waals surface area contributed by atoms with Gasteiger partial charge in [-0.15, -0.1) is 0 Å². The van der Waals surface area contributed by atoms with Crippen LogP contribution in [0.4, 0.5) is 5.82 Å². The van der Waals surface area contributed by atoms with Crippen LogP contribution in [0.15, 0.2) is 42.6 Å². The van der Waals surface area contributed by atoms with Crippen LogP contribution in [0.2, 0.25) is 0 Å². The Morgan fingerprint density at radius 1 is 1.04 bits per heavy atom. The molecule has 2 aromatic rings. The van der Waals surface area contributed by atoms with Gasteiger partial charge in [0.2, 0.25) is 5.91 Å². The van der Waals surface area contributed by atoms with E-state index in [0.717, 1.165) is 38.3 Å². The molecule has 0 bridgehead atoms. The van der Waals surface area contributed by atoms with Crippen molar-refractivity contribution in [2.45, 2.75) is 57.5 Å². The molecule has 0 atom stereocenters. The molecule has 1 aliphatic carbocycles. The second-order valence-electron chi connectivity index (χ2n) is 8.06. The van der Waals surface area contributed by atoms with Crippen molar-refractivity contribution in [1.82, 2.24) is 14.7 Å². The fourth-order valence-corrected chi connectivity index (χ4v) is 4.50. The number of benzene rings is 1. The Morgan fingerprint density at radius 2 is 1.78 bits per heavy atom. The van der Waals surface area contributed by atoms with Crippen molar-refractivity contribution in [1.29, 1.82) is 0 Å². The number of anilines is 1. The third-order valence-electron chi connectivity index (χ3n) is 6.04. The molecule has 27 heavy (non-hydrogen) atoms. The third-order valence-corrected chi connectivity index (χ3v) is 6.04. The molecular formula is C22H30N4O. The van der Waals surface area contributed by atoms with E-state index in [4.69, 9.17) is 0 Å². The lowest BCUT2D eigenvalue weighted by Gasteiger charge is -2.31. The predicted octanol–water partition coefficient (Wildman–Crippen LogP) is 4.24. The maximum absolute atomic E-state index is 12.6. The average molecular weight is 367 g/mol. The maximum Gasteiger partial charge on any atom is 0.225 e. The van der Waals surface area contributed by atoms with Crippen molar-refractivity contribution in [3.63, 3.8) is 0 Å². The van der Waals surface area contributed by atoms with Crippen LogP contribution in [0.1, 0.15) is 56.6 Å². The summed E-state index contributed by atoms with van der Waals surface area (Å²) in [6, 6.07) is 13.0. The molecule has 1 N–H and O–H groups in total. The summed E-state index contributed by atoms with van der Waals surface area (Å²) in [6.07, 6.45) is 9.49. The van der Waals surface area contributed by atoms with Crippen molar-refractivity contribution in [2.24, 2.45) is 5.92 Å². The summed E-state index contributed by atoms with van der Waals surface area (Å²) in [5, 5.41) is 7.56. The van der Waals surface area contributed by atoms with E-state index in [2.05, 4.69) is 45.6 Å². The van der Waals surface area contributed by atoms with E-state index in [9.17, 15) is 4.79 Å². The van der Waals surface area contributed by atoms with Gasteiger partial charge >= 0.3 is 0 Å². The van der Waals surface area contributed by atoms with Gasteiger partial charge in [-0.1, -0.05) is 43.2 Å². The highest BCUT2D eigenvalue weighted by Crippen LogP contribution is 2.31. The SMILES string of the molecule is O=C(CC1CCN(Cc2ccccc2)CC1)Nc1ccnn1C1CCCC1. The molecule has 2 fully saturated rings. The fourth-order valence-electron chi connectivity index (χ4n) is 4.50. The second-order valence-corrected chi connectivity index (χ2v) is 8.06. The number of likely N-dealkylation sites (tertiary alicyclic amines) is 1. The van der Waals surface area contributed by atoms with Crippen molar-refractivity contribution in [3.8, 4) is 0 Å². The topological polar surface area (TPSA) is 50.2 Å². The number of piperidine rings is 1. The Kier molecular flexibility index (Phi) is 5.87. The number of nitrogens with zero attached hydrogens (tertiary/aromatic N) is 3. The zero-order valence-electron chi connectivity index (χ0n) is 16.0. The Balaban J connectivity index is 1.23. The summed E-state index contributed by atoms with van der Waals surface area (Å²) in [5.74, 6) is 1.49. The number of hydrogen-bond acceptors (Lipinski definition) is 3. The molecule has 0 radical (unpaired) electrons. The minimum atomic E-state index is 0.135. The van der Waals surface area contributed by atoms with Crippen molar-refractivity contribution >= 4 is 11.7 Å². The highest BCUT2D eigenvalue weighted by molar-refractivity contribution is 5.90. The molecule has 1 aromatic carbocycles. The van der Waals surface area contributed by atoms with Gasteiger partial charge in [0.1, 0.15) is 5.82 Å². The van der Waals surface area contributed by atoms with Crippen LogP contribution in [0.25, 0.3) is 0 Å². The Morgan fingerprint density at radius 3 is 2.52 bits per heavy atom. The van der Waals surface area contributed by atoms with E-state index in [1.54, 1.807) is 6.20 Å². The van der Waals surface area contributed by atoms with Gasteiger partial charge in [0.15, 0.2) is 0 Å². The summed E-state index contributed by atoms with van der Waals surface area (Å²) in [4.78, 5) is 15.1. The summed E-state index contributed by atoms with van der Waals surface area (Å²) < 4.78 is 2.02. The van der Waals surface area contributed by atoms with Crippen LogP contribution in [0.5, 0.6) is 0 Å². The van der Waals surface area contributed by atoms with E-state index in [-0.39, 0.29) is 5.91 Å². The zero-order valence-corrected chi connectivity index (χ0v) is 16.0. The maximum atomic E-state index is 12.6. The summed E-state index contributed by atoms with van der Waals surface area (Å²) in [7, 11) is 0. The molecule has 1 saturated heterocycles. The quantitative estimate of drug-likeness (QED) is 0.832. The number of rotatable bonds is 6. The standard InChI is InChI=1S/C22H30N4O/c27-22(24-21-10-13-23-26(21)20-8-4-5-9-20)16-18-11-14-25(15-12-18)17-19-6-2-1-3-7-19/h1-3,6-7,10,13,18,20H,4-5,8-9,11-12,14-17H2,(H,24,27). The second kappa shape index (κ2) is 8.70. The summed E-state index contributed by atoms with van der Waals surface area (Å²) in [6.45, 7) is 3.17. The zero-order chi connectivity index (χ0) is 18.5. The van der Waals surface area contributed by atoms with E-state index in [0.29, 0.717) is 18.4 Å². The summed E-state index contributed by atoms with van der Waals surface area (Å²) >= 11 is 0. The van der Waals surface area contributed by atoms with Crippen LogP contribution in [0, 0.1) is 5.92 Å². The first-order chi connectivity index (χ1) is 13.3. The molecule has 0 spiro atoms. The molecule has 1 amide bonds. The van der Waals surface area contributed by atoms with E-state index < -0.39 is 0 Å². The lowest BCUT2D eigenvalue weighted by molar-refractivity contribution is -0.117. The highest BCUT2D eigenvalue weighted by atomic mass is 16.1. The molecule has 0 unspecified atom stereocenters. The molecular weight excluding hydrogens is 336 g/mol. The Hall–Kier alpha value is -2.14. The molecule has 1 saturated carbocycles. The average Bonchev–Trinajstić information content (AvgIpc) is 3.36. The van der Waals surface area contributed by atoms with Crippen LogP contribution >= 0.6 is 0 Å². The van der Waals surface area contributed by atoms with Gasteiger partial charge in [-0.3, -0.25) is 9.69 Å². The Labute approximate surface area is 161 Å². The largest absolute Gasteiger partial charge is 0.311 e. The normalized spacial score (nSPS) is 19.4. The first-order valence-electron chi connectivity index (χ1n) is 10.4. The lowest BCUT2D eigenvalue weighted by Crippen LogP contribution is -2.34. The van der Waals surface area contributed by atoms with Gasteiger partial charge in [-0.2, -0.15) is 5.10 Å². The van der Waals surface area contributed by atoms with Gasteiger partial charge in [-0.05, 0) is 50.3 Å². The molecule has 1 aromatic heterocycles. The first-order valence-corrected chi connectivity index (χ1v) is 10.4. The molecule has 4 rings (SSSR count). The predicted molar refractivity (Wildman–Crippen MR) is 107 cm³/mol. The van der Waals surface area contributed by atoms with Crippen LogP contribution < -0.4 is 5.32 Å². The van der Waals surface area contributed by atoms with E-state index >= 15 is 0 Å². The third kappa shape index (κ3) is 4.78. The first kappa shape index (κ1) is 18.2. The van der Waals surface area contributed by atoms with Crippen LogP contribution in [-0.2, 0) is 11.3 Å². The van der Waals surface area contributed by atoms with Gasteiger partial charge in [0.05, 0.1) is 12.2 Å². The Bertz CT molecular complexity index is 728. The lowest BCUT2D eigenvalue weighted by atomic mass is 9.93. The van der Waals surface area contributed by atoms with Gasteiger partial charge < -0.3 is 5.32 Å². The van der Waals surface area contributed by atoms with Gasteiger partial charge in [0.25, 0.3) is 0 Å². The van der Waals surface area contributed by atoms with Crippen molar-refractivity contribution in [3.05, 3.63) is 48.2 Å². The minimum Gasteiger partial charge on any atom is -0.311 e. The fraction of sp³-hybridized carbons (Fsp3) is 0.545.